The van der Waals surface area contributed by atoms with Gasteiger partial charge >= 0.3 is 0 Å². The van der Waals surface area contributed by atoms with Crippen LogP contribution in [0.1, 0.15) is 31.7 Å². The van der Waals surface area contributed by atoms with Crippen LogP contribution in [0, 0.1) is 5.92 Å². The fraction of sp³-hybridized carbons (Fsp3) is 0.571. The Morgan fingerprint density at radius 2 is 2.19 bits per heavy atom. The van der Waals surface area contributed by atoms with Gasteiger partial charge in [0.2, 0.25) is 0 Å². The number of hydrogen-bond donors (Lipinski definition) is 2. The van der Waals surface area contributed by atoms with Crippen molar-refractivity contribution in [3.8, 4) is 0 Å². The quantitative estimate of drug-likeness (QED) is 0.743. The average molecular weight is 218 g/mol. The van der Waals surface area contributed by atoms with Crippen molar-refractivity contribution in [3.63, 3.8) is 0 Å². The maximum Gasteiger partial charge on any atom is 0.0376 e. The highest BCUT2D eigenvalue weighted by Crippen LogP contribution is 2.32. The third-order valence-electron chi connectivity index (χ3n) is 3.16. The molecule has 0 fully saturated rings. The van der Waals surface area contributed by atoms with Crippen LogP contribution in [-0.2, 0) is 0 Å². The number of hydrogen-bond acceptors (Lipinski definition) is 2. The van der Waals surface area contributed by atoms with E-state index in [9.17, 15) is 0 Å². The molecule has 1 aliphatic heterocycles. The summed E-state index contributed by atoms with van der Waals surface area (Å²) in [6.07, 6.45) is 1.23. The van der Waals surface area contributed by atoms with Crippen molar-refractivity contribution in [3.05, 3.63) is 29.8 Å². The predicted octanol–water partition coefficient (Wildman–Crippen LogP) is 2.83. The summed E-state index contributed by atoms with van der Waals surface area (Å²) in [5.74, 6) is 1.44. The largest absolute Gasteiger partial charge is 0.384 e. The van der Waals surface area contributed by atoms with Gasteiger partial charge in [-0.05, 0) is 37.1 Å². The third-order valence-corrected chi connectivity index (χ3v) is 3.16. The SMILES string of the molecule is CC(C)CNCCC1CNc2ccccc21. The van der Waals surface area contributed by atoms with E-state index in [1.54, 1.807) is 0 Å². The van der Waals surface area contributed by atoms with E-state index in [1.807, 2.05) is 0 Å². The molecule has 0 amide bonds. The van der Waals surface area contributed by atoms with Gasteiger partial charge in [0.25, 0.3) is 0 Å². The van der Waals surface area contributed by atoms with Crippen LogP contribution in [0.3, 0.4) is 0 Å². The van der Waals surface area contributed by atoms with Crippen LogP contribution < -0.4 is 10.6 Å². The molecule has 1 aromatic carbocycles. The number of fused-ring (bicyclic) bond motifs is 1. The van der Waals surface area contributed by atoms with E-state index in [1.165, 1.54) is 17.7 Å². The van der Waals surface area contributed by atoms with E-state index in [-0.39, 0.29) is 0 Å². The monoisotopic (exact) mass is 218 g/mol. The Balaban J connectivity index is 1.80. The summed E-state index contributed by atoms with van der Waals surface area (Å²) in [6, 6.07) is 8.67. The lowest BCUT2D eigenvalue weighted by Gasteiger charge is -2.12. The van der Waals surface area contributed by atoms with Crippen LogP contribution in [0.2, 0.25) is 0 Å². The van der Waals surface area contributed by atoms with Crippen LogP contribution in [-0.4, -0.2) is 19.6 Å². The van der Waals surface area contributed by atoms with Gasteiger partial charge in [0.1, 0.15) is 0 Å². The van der Waals surface area contributed by atoms with Crippen molar-refractivity contribution in [2.75, 3.05) is 25.0 Å². The molecule has 0 spiro atoms. The molecular weight excluding hydrogens is 196 g/mol. The Morgan fingerprint density at radius 1 is 1.38 bits per heavy atom. The van der Waals surface area contributed by atoms with Gasteiger partial charge in [-0.3, -0.25) is 0 Å². The molecule has 88 valence electrons. The molecule has 2 nitrogen and oxygen atoms in total. The van der Waals surface area contributed by atoms with Crippen molar-refractivity contribution in [1.29, 1.82) is 0 Å². The summed E-state index contributed by atoms with van der Waals surface area (Å²) in [6.45, 7) is 7.85. The molecule has 1 unspecified atom stereocenters. The van der Waals surface area contributed by atoms with Crippen LogP contribution in [0.25, 0.3) is 0 Å². The zero-order valence-electron chi connectivity index (χ0n) is 10.3. The van der Waals surface area contributed by atoms with Crippen LogP contribution >= 0.6 is 0 Å². The lowest BCUT2D eigenvalue weighted by molar-refractivity contribution is 0.524. The first-order valence-electron chi connectivity index (χ1n) is 6.31. The molecule has 0 bridgehead atoms. The molecule has 1 aliphatic rings. The van der Waals surface area contributed by atoms with E-state index in [4.69, 9.17) is 0 Å². The van der Waals surface area contributed by atoms with Crippen LogP contribution in [0.5, 0.6) is 0 Å². The molecule has 0 aliphatic carbocycles. The van der Waals surface area contributed by atoms with Gasteiger partial charge in [0, 0.05) is 18.2 Å². The molecule has 0 radical (unpaired) electrons. The molecule has 2 N–H and O–H groups in total. The van der Waals surface area contributed by atoms with Crippen molar-refractivity contribution >= 4 is 5.69 Å². The van der Waals surface area contributed by atoms with Crippen LogP contribution in [0.15, 0.2) is 24.3 Å². The minimum atomic E-state index is 0.691. The number of benzene rings is 1. The van der Waals surface area contributed by atoms with Gasteiger partial charge < -0.3 is 10.6 Å². The fourth-order valence-corrected chi connectivity index (χ4v) is 2.28. The first-order chi connectivity index (χ1) is 7.77. The lowest BCUT2D eigenvalue weighted by atomic mass is 9.98. The maximum atomic E-state index is 3.51. The lowest BCUT2D eigenvalue weighted by Crippen LogP contribution is -2.22. The number of rotatable bonds is 5. The predicted molar refractivity (Wildman–Crippen MR) is 70.0 cm³/mol. The van der Waals surface area contributed by atoms with Crippen molar-refractivity contribution in [2.24, 2.45) is 5.92 Å². The van der Waals surface area contributed by atoms with Crippen molar-refractivity contribution in [1.82, 2.24) is 5.32 Å². The fourth-order valence-electron chi connectivity index (χ4n) is 2.28. The molecule has 0 saturated carbocycles. The number of nitrogens with one attached hydrogen (secondary N) is 2. The topological polar surface area (TPSA) is 24.1 Å². The first kappa shape index (κ1) is 11.5. The zero-order chi connectivity index (χ0) is 11.4. The van der Waals surface area contributed by atoms with Crippen LogP contribution in [0.4, 0.5) is 5.69 Å². The smallest absolute Gasteiger partial charge is 0.0376 e. The summed E-state index contributed by atoms with van der Waals surface area (Å²) in [4.78, 5) is 0. The Bertz CT molecular complexity index is 333. The first-order valence-corrected chi connectivity index (χ1v) is 6.31. The minimum Gasteiger partial charge on any atom is -0.384 e. The van der Waals surface area contributed by atoms with E-state index < -0.39 is 0 Å². The Hall–Kier alpha value is -1.02. The van der Waals surface area contributed by atoms with E-state index in [0.29, 0.717) is 5.92 Å². The summed E-state index contributed by atoms with van der Waals surface area (Å²) in [7, 11) is 0. The highest BCUT2D eigenvalue weighted by molar-refractivity contribution is 5.57. The van der Waals surface area contributed by atoms with Gasteiger partial charge in [-0.1, -0.05) is 32.0 Å². The molecular formula is C14H22N2. The third kappa shape index (κ3) is 2.76. The summed E-state index contributed by atoms with van der Waals surface area (Å²) < 4.78 is 0. The van der Waals surface area contributed by atoms with Gasteiger partial charge in [0.05, 0.1) is 0 Å². The second-order valence-corrected chi connectivity index (χ2v) is 5.05. The van der Waals surface area contributed by atoms with Gasteiger partial charge in [-0.15, -0.1) is 0 Å². The maximum absolute atomic E-state index is 3.51. The van der Waals surface area contributed by atoms with E-state index >= 15 is 0 Å². The van der Waals surface area contributed by atoms with Crippen molar-refractivity contribution in [2.45, 2.75) is 26.2 Å². The normalized spacial score (nSPS) is 18.6. The summed E-state index contributed by atoms with van der Waals surface area (Å²) in [5, 5.41) is 6.99. The molecule has 1 aromatic rings. The minimum absolute atomic E-state index is 0.691. The number of anilines is 1. The number of para-hydroxylation sites is 1. The second kappa shape index (κ2) is 5.35. The molecule has 0 saturated heterocycles. The zero-order valence-corrected chi connectivity index (χ0v) is 10.3. The van der Waals surface area contributed by atoms with E-state index in [2.05, 4.69) is 48.7 Å². The Labute approximate surface area is 98.4 Å². The average Bonchev–Trinajstić information content (AvgIpc) is 2.68. The molecule has 16 heavy (non-hydrogen) atoms. The van der Waals surface area contributed by atoms with Gasteiger partial charge in [0.15, 0.2) is 0 Å². The standard InChI is InChI=1S/C14H22N2/c1-11(2)9-15-8-7-12-10-16-14-6-4-3-5-13(12)14/h3-6,11-12,15-16H,7-10H2,1-2H3. The molecule has 1 atom stereocenters. The highest BCUT2D eigenvalue weighted by atomic mass is 14.9. The molecule has 0 aromatic heterocycles. The van der Waals surface area contributed by atoms with Gasteiger partial charge in [-0.25, -0.2) is 0 Å². The summed E-state index contributed by atoms with van der Waals surface area (Å²) in [5.41, 5.74) is 2.82. The Kier molecular flexibility index (Phi) is 3.83. The van der Waals surface area contributed by atoms with E-state index in [0.717, 1.165) is 25.6 Å². The summed E-state index contributed by atoms with van der Waals surface area (Å²) >= 11 is 0. The molecule has 2 rings (SSSR count). The molecule has 2 heteroatoms. The molecule has 1 heterocycles. The Morgan fingerprint density at radius 3 is 3.00 bits per heavy atom. The van der Waals surface area contributed by atoms with Crippen molar-refractivity contribution < 1.29 is 0 Å². The second-order valence-electron chi connectivity index (χ2n) is 5.05. The van der Waals surface area contributed by atoms with Gasteiger partial charge in [-0.2, -0.15) is 0 Å². The highest BCUT2D eigenvalue weighted by Gasteiger charge is 2.20.